The Kier molecular flexibility index (Phi) is 5.83. The van der Waals surface area contributed by atoms with E-state index in [1.54, 1.807) is 0 Å². The number of nitrogens with zero attached hydrogens (tertiary/aromatic N) is 3. The van der Waals surface area contributed by atoms with Gasteiger partial charge in [-0.1, -0.05) is 29.8 Å². The van der Waals surface area contributed by atoms with Crippen molar-refractivity contribution in [2.75, 3.05) is 26.2 Å². The summed E-state index contributed by atoms with van der Waals surface area (Å²) in [4.78, 5) is 2.59. The zero-order valence-electron chi connectivity index (χ0n) is 16.2. The maximum atomic E-state index is 6.31. The number of benzene rings is 1. The van der Waals surface area contributed by atoms with Crippen LogP contribution in [0.4, 0.5) is 0 Å². The third-order valence-corrected chi connectivity index (χ3v) is 6.09. The molecule has 2 heterocycles. The molecule has 2 fully saturated rings. The quantitative estimate of drug-likeness (QED) is 0.791. The minimum Gasteiger partial charge on any atom is -0.374 e. The van der Waals surface area contributed by atoms with Crippen molar-refractivity contribution >= 4 is 11.6 Å². The molecule has 1 aliphatic heterocycles. The van der Waals surface area contributed by atoms with Gasteiger partial charge in [0.2, 0.25) is 0 Å². The number of aryl methyl sites for hydroxylation is 1. The van der Waals surface area contributed by atoms with Crippen molar-refractivity contribution in [2.24, 2.45) is 0 Å². The predicted octanol–water partition coefficient (Wildman–Crippen LogP) is 3.15. The van der Waals surface area contributed by atoms with Gasteiger partial charge in [-0.05, 0) is 38.3 Å². The van der Waals surface area contributed by atoms with E-state index in [2.05, 4.69) is 34.8 Å². The van der Waals surface area contributed by atoms with Gasteiger partial charge in [-0.25, -0.2) is 0 Å². The van der Waals surface area contributed by atoms with Crippen molar-refractivity contribution in [3.8, 4) is 0 Å². The molecule has 0 radical (unpaired) electrons. The monoisotopic (exact) mass is 388 g/mol. The molecule has 1 saturated heterocycles. The minimum atomic E-state index is 0.290. The summed E-state index contributed by atoms with van der Waals surface area (Å²) in [7, 11) is 0. The van der Waals surface area contributed by atoms with E-state index in [4.69, 9.17) is 21.4 Å². The molecular formula is C21H29ClN4O. The molecule has 0 bridgehead atoms. The molecule has 1 aromatic carbocycles. The molecule has 27 heavy (non-hydrogen) atoms. The molecule has 146 valence electrons. The van der Waals surface area contributed by atoms with Gasteiger partial charge in [0.1, 0.15) is 0 Å². The van der Waals surface area contributed by atoms with Crippen LogP contribution in [0.15, 0.2) is 24.3 Å². The van der Waals surface area contributed by atoms with Crippen LogP contribution < -0.4 is 5.32 Å². The molecule has 1 atom stereocenters. The fraction of sp³-hybridized carbons (Fsp3) is 0.571. The average molecular weight is 389 g/mol. The fourth-order valence-electron chi connectivity index (χ4n) is 3.93. The lowest BCUT2D eigenvalue weighted by Crippen LogP contribution is -2.47. The fourth-order valence-corrected chi connectivity index (χ4v) is 4.12. The first-order valence-electron chi connectivity index (χ1n) is 9.94. The summed E-state index contributed by atoms with van der Waals surface area (Å²) in [5.74, 6) is 0. The number of aromatic nitrogens is 2. The molecule has 6 heteroatoms. The number of ether oxygens (including phenoxy) is 1. The van der Waals surface area contributed by atoms with E-state index in [9.17, 15) is 0 Å². The van der Waals surface area contributed by atoms with Crippen molar-refractivity contribution < 1.29 is 4.74 Å². The molecular weight excluding hydrogens is 360 g/mol. The Labute approximate surface area is 166 Å². The maximum Gasteiger partial charge on any atom is 0.0826 e. The van der Waals surface area contributed by atoms with Gasteiger partial charge in [0.15, 0.2) is 0 Å². The van der Waals surface area contributed by atoms with Gasteiger partial charge in [0, 0.05) is 48.5 Å². The second kappa shape index (κ2) is 8.31. The zero-order chi connectivity index (χ0) is 18.8. The Balaban J connectivity index is 1.34. The van der Waals surface area contributed by atoms with Gasteiger partial charge in [-0.2, -0.15) is 5.10 Å². The highest BCUT2D eigenvalue weighted by molar-refractivity contribution is 6.31. The van der Waals surface area contributed by atoms with Crippen LogP contribution in [0.1, 0.15) is 35.4 Å². The normalized spacial score (nSPS) is 20.9. The Morgan fingerprint density at radius 3 is 2.85 bits per heavy atom. The molecule has 5 nitrogen and oxygen atoms in total. The summed E-state index contributed by atoms with van der Waals surface area (Å²) in [6, 6.07) is 8.79. The molecule has 1 aromatic heterocycles. The standard InChI is InChI=1S/C21H29ClN4O/c1-15-20(12-23-11-19-14-25(9-10-27-19)18-7-8-18)16(2)26(24-15)13-17-5-3-4-6-21(17)22/h3-6,18-19,23H,7-14H2,1-2H3. The lowest BCUT2D eigenvalue weighted by molar-refractivity contribution is -0.0301. The molecule has 1 saturated carbocycles. The maximum absolute atomic E-state index is 6.31. The van der Waals surface area contributed by atoms with Crippen molar-refractivity contribution in [1.29, 1.82) is 0 Å². The molecule has 2 aromatic rings. The Morgan fingerprint density at radius 1 is 1.26 bits per heavy atom. The molecule has 0 spiro atoms. The van der Waals surface area contributed by atoms with Crippen molar-refractivity contribution in [3.63, 3.8) is 0 Å². The molecule has 1 N–H and O–H groups in total. The molecule has 2 aliphatic rings. The van der Waals surface area contributed by atoms with Gasteiger partial charge in [-0.15, -0.1) is 0 Å². The largest absolute Gasteiger partial charge is 0.374 e. The Hall–Kier alpha value is -1.40. The van der Waals surface area contributed by atoms with Gasteiger partial charge in [0.25, 0.3) is 0 Å². The SMILES string of the molecule is Cc1nn(Cc2ccccc2Cl)c(C)c1CNCC1CN(C2CC2)CCO1. The van der Waals surface area contributed by atoms with E-state index in [1.807, 2.05) is 18.2 Å². The first-order chi connectivity index (χ1) is 13.1. The molecule has 0 amide bonds. The van der Waals surface area contributed by atoms with Crippen molar-refractivity contribution in [3.05, 3.63) is 51.8 Å². The van der Waals surface area contributed by atoms with Crippen molar-refractivity contribution in [2.45, 2.75) is 51.9 Å². The lowest BCUT2D eigenvalue weighted by atomic mass is 10.2. The van der Waals surface area contributed by atoms with Gasteiger partial charge >= 0.3 is 0 Å². The third-order valence-electron chi connectivity index (χ3n) is 5.72. The summed E-state index contributed by atoms with van der Waals surface area (Å²) < 4.78 is 8.00. The number of rotatable bonds is 7. The third kappa shape index (κ3) is 4.54. The van der Waals surface area contributed by atoms with E-state index in [1.165, 1.54) is 24.1 Å². The van der Waals surface area contributed by atoms with Crippen LogP contribution in [0.3, 0.4) is 0 Å². The second-order valence-electron chi connectivity index (χ2n) is 7.75. The molecule has 4 rings (SSSR count). The van der Waals surface area contributed by atoms with Crippen LogP contribution in [-0.2, 0) is 17.8 Å². The van der Waals surface area contributed by atoms with Crippen LogP contribution in [0.25, 0.3) is 0 Å². The number of hydrogen-bond donors (Lipinski definition) is 1. The number of nitrogens with one attached hydrogen (secondary N) is 1. The van der Waals surface area contributed by atoms with Gasteiger partial charge < -0.3 is 10.1 Å². The topological polar surface area (TPSA) is 42.3 Å². The van der Waals surface area contributed by atoms with Crippen LogP contribution in [0.2, 0.25) is 5.02 Å². The predicted molar refractivity (Wildman–Crippen MR) is 108 cm³/mol. The highest BCUT2D eigenvalue weighted by Gasteiger charge is 2.32. The van der Waals surface area contributed by atoms with Crippen molar-refractivity contribution in [1.82, 2.24) is 20.0 Å². The second-order valence-corrected chi connectivity index (χ2v) is 8.16. The zero-order valence-corrected chi connectivity index (χ0v) is 17.0. The van der Waals surface area contributed by atoms with E-state index in [0.29, 0.717) is 6.54 Å². The minimum absolute atomic E-state index is 0.290. The summed E-state index contributed by atoms with van der Waals surface area (Å²) in [5.41, 5.74) is 4.65. The summed E-state index contributed by atoms with van der Waals surface area (Å²) in [5, 5.41) is 9.12. The number of hydrogen-bond acceptors (Lipinski definition) is 4. The van der Waals surface area contributed by atoms with Crippen LogP contribution in [0.5, 0.6) is 0 Å². The lowest BCUT2D eigenvalue weighted by Gasteiger charge is -2.33. The summed E-state index contributed by atoms with van der Waals surface area (Å²) >= 11 is 6.31. The highest BCUT2D eigenvalue weighted by atomic mass is 35.5. The van der Waals surface area contributed by atoms with Gasteiger partial charge in [0.05, 0.1) is 24.9 Å². The summed E-state index contributed by atoms with van der Waals surface area (Å²) in [6.07, 6.45) is 3.02. The van der Waals surface area contributed by atoms with E-state index < -0.39 is 0 Å². The van der Waals surface area contributed by atoms with E-state index in [0.717, 1.165) is 55.1 Å². The van der Waals surface area contributed by atoms with E-state index in [-0.39, 0.29) is 6.10 Å². The Morgan fingerprint density at radius 2 is 2.07 bits per heavy atom. The molecule has 1 aliphatic carbocycles. The summed E-state index contributed by atoms with van der Waals surface area (Å²) in [6.45, 7) is 9.64. The molecule has 1 unspecified atom stereocenters. The van der Waals surface area contributed by atoms with E-state index >= 15 is 0 Å². The number of halogens is 1. The van der Waals surface area contributed by atoms with Crippen LogP contribution in [0, 0.1) is 13.8 Å². The van der Waals surface area contributed by atoms with Crippen LogP contribution in [-0.4, -0.2) is 53.1 Å². The van der Waals surface area contributed by atoms with Crippen LogP contribution >= 0.6 is 11.6 Å². The van der Waals surface area contributed by atoms with Gasteiger partial charge in [-0.3, -0.25) is 9.58 Å². The highest BCUT2D eigenvalue weighted by Crippen LogP contribution is 2.28. The smallest absolute Gasteiger partial charge is 0.0826 e. The first-order valence-corrected chi connectivity index (χ1v) is 10.3. The first kappa shape index (κ1) is 18.9. The average Bonchev–Trinajstić information content (AvgIpc) is 3.48. The Bertz CT molecular complexity index is 786. The number of morpholine rings is 1.